The zero-order valence-electron chi connectivity index (χ0n) is 6.95. The van der Waals surface area contributed by atoms with Gasteiger partial charge in [0.05, 0.1) is 5.75 Å². The molecular weight excluding hydrogens is 160 g/mol. The summed E-state index contributed by atoms with van der Waals surface area (Å²) in [7, 11) is 0. The van der Waals surface area contributed by atoms with Crippen molar-refractivity contribution in [3.63, 3.8) is 0 Å². The summed E-state index contributed by atoms with van der Waals surface area (Å²) in [6.07, 6.45) is 4.77. The first-order chi connectivity index (χ1) is 5.18. The maximum atomic E-state index is 10.5. The zero-order valence-corrected chi connectivity index (χ0v) is 7.77. The summed E-state index contributed by atoms with van der Waals surface area (Å²) in [4.78, 5) is 0. The molecule has 11 heavy (non-hydrogen) atoms. The molecule has 0 amide bonds. The predicted octanol–water partition coefficient (Wildman–Crippen LogP) is 2.03. The molecule has 0 aromatic heterocycles. The molecular formula is C8H16O2S. The van der Waals surface area contributed by atoms with Crippen LogP contribution in [0.4, 0.5) is 0 Å². The van der Waals surface area contributed by atoms with Crippen molar-refractivity contribution < 1.29 is 8.76 Å². The Hall–Kier alpha value is 0.110. The molecule has 0 aliphatic heterocycles. The van der Waals surface area contributed by atoms with E-state index in [2.05, 4.69) is 6.92 Å². The van der Waals surface area contributed by atoms with Crippen molar-refractivity contribution >= 4 is 11.1 Å². The van der Waals surface area contributed by atoms with Gasteiger partial charge in [-0.3, -0.25) is 0 Å². The van der Waals surface area contributed by atoms with Gasteiger partial charge in [-0.1, -0.05) is 19.8 Å². The first-order valence-corrected chi connectivity index (χ1v) is 5.53. The maximum Gasteiger partial charge on any atom is 0.153 e. The lowest BCUT2D eigenvalue weighted by molar-refractivity contribution is 0.308. The molecule has 1 aliphatic rings. The standard InChI is InChI=1S/C8H16O2S/c1-7-2-4-8(5-3-7)6-11(9)10/h7-8H,2-6H2,1H3,(H,9,10). The van der Waals surface area contributed by atoms with Crippen LogP contribution in [0.25, 0.3) is 0 Å². The molecule has 2 nitrogen and oxygen atoms in total. The third-order valence-corrected chi connectivity index (χ3v) is 3.27. The van der Waals surface area contributed by atoms with Crippen molar-refractivity contribution in [2.24, 2.45) is 11.8 Å². The number of rotatable bonds is 2. The Labute approximate surface area is 70.7 Å². The van der Waals surface area contributed by atoms with E-state index in [0.29, 0.717) is 11.7 Å². The SMILES string of the molecule is CC1CCC(CS(=O)O)CC1. The molecule has 0 heterocycles. The highest BCUT2D eigenvalue weighted by molar-refractivity contribution is 7.79. The van der Waals surface area contributed by atoms with Crippen LogP contribution in [0.2, 0.25) is 0 Å². The van der Waals surface area contributed by atoms with Crippen LogP contribution in [0.3, 0.4) is 0 Å². The molecule has 1 unspecified atom stereocenters. The van der Waals surface area contributed by atoms with E-state index in [9.17, 15) is 4.21 Å². The molecule has 0 radical (unpaired) electrons. The third-order valence-electron chi connectivity index (χ3n) is 2.51. The van der Waals surface area contributed by atoms with Crippen molar-refractivity contribution in [2.45, 2.75) is 32.6 Å². The Morgan fingerprint density at radius 3 is 2.36 bits per heavy atom. The summed E-state index contributed by atoms with van der Waals surface area (Å²) in [5.74, 6) is 1.84. The summed E-state index contributed by atoms with van der Waals surface area (Å²) >= 11 is -1.57. The highest BCUT2D eigenvalue weighted by atomic mass is 32.2. The molecule has 0 aromatic rings. The second-order valence-electron chi connectivity index (χ2n) is 3.61. The van der Waals surface area contributed by atoms with Crippen LogP contribution < -0.4 is 0 Å². The quantitative estimate of drug-likeness (QED) is 0.654. The predicted molar refractivity (Wildman–Crippen MR) is 46.8 cm³/mol. The average molecular weight is 176 g/mol. The lowest BCUT2D eigenvalue weighted by atomic mass is 9.84. The van der Waals surface area contributed by atoms with Gasteiger partial charge in [0.1, 0.15) is 0 Å². The lowest BCUT2D eigenvalue weighted by Crippen LogP contribution is -2.17. The van der Waals surface area contributed by atoms with Crippen LogP contribution in [0, 0.1) is 11.8 Å². The van der Waals surface area contributed by atoms with Crippen LogP contribution in [-0.4, -0.2) is 14.5 Å². The minimum Gasteiger partial charge on any atom is -0.306 e. The van der Waals surface area contributed by atoms with Gasteiger partial charge in [-0.15, -0.1) is 0 Å². The molecule has 0 bridgehead atoms. The molecule has 3 heteroatoms. The summed E-state index contributed by atoms with van der Waals surface area (Å²) in [5.41, 5.74) is 0. The van der Waals surface area contributed by atoms with Crippen LogP contribution >= 0.6 is 0 Å². The van der Waals surface area contributed by atoms with Gasteiger partial charge in [-0.05, 0) is 24.7 Å². The maximum absolute atomic E-state index is 10.5. The van der Waals surface area contributed by atoms with E-state index in [0.717, 1.165) is 18.8 Å². The summed E-state index contributed by atoms with van der Waals surface area (Å²) in [6.45, 7) is 2.26. The summed E-state index contributed by atoms with van der Waals surface area (Å²) < 4.78 is 19.1. The second kappa shape index (κ2) is 4.21. The van der Waals surface area contributed by atoms with Gasteiger partial charge in [0, 0.05) is 0 Å². The summed E-state index contributed by atoms with van der Waals surface area (Å²) in [5, 5.41) is 0. The lowest BCUT2D eigenvalue weighted by Gasteiger charge is -2.24. The average Bonchev–Trinajstić information content (AvgIpc) is 1.93. The second-order valence-corrected chi connectivity index (χ2v) is 4.59. The van der Waals surface area contributed by atoms with Crippen LogP contribution in [0.15, 0.2) is 0 Å². The fourth-order valence-corrected chi connectivity index (χ4v) is 2.43. The van der Waals surface area contributed by atoms with Crippen molar-refractivity contribution in [3.05, 3.63) is 0 Å². The van der Waals surface area contributed by atoms with Crippen molar-refractivity contribution in [1.29, 1.82) is 0 Å². The van der Waals surface area contributed by atoms with Gasteiger partial charge >= 0.3 is 0 Å². The summed E-state index contributed by atoms with van der Waals surface area (Å²) in [6, 6.07) is 0. The molecule has 1 fully saturated rings. The van der Waals surface area contributed by atoms with Gasteiger partial charge in [0.15, 0.2) is 11.1 Å². The molecule has 1 rings (SSSR count). The van der Waals surface area contributed by atoms with Crippen molar-refractivity contribution in [1.82, 2.24) is 0 Å². The number of hydrogen-bond donors (Lipinski definition) is 1. The molecule has 1 N–H and O–H groups in total. The van der Waals surface area contributed by atoms with Crippen LogP contribution in [-0.2, 0) is 11.1 Å². The minimum absolute atomic E-state index is 0.493. The van der Waals surface area contributed by atoms with Gasteiger partial charge < -0.3 is 4.55 Å². The Morgan fingerprint density at radius 1 is 1.36 bits per heavy atom. The van der Waals surface area contributed by atoms with Gasteiger partial charge in [-0.25, -0.2) is 4.21 Å². The molecule has 0 spiro atoms. The van der Waals surface area contributed by atoms with E-state index in [1.165, 1.54) is 12.8 Å². The van der Waals surface area contributed by atoms with Crippen LogP contribution in [0.1, 0.15) is 32.6 Å². The van der Waals surface area contributed by atoms with Gasteiger partial charge in [0.25, 0.3) is 0 Å². The third kappa shape index (κ3) is 3.34. The molecule has 1 saturated carbocycles. The van der Waals surface area contributed by atoms with E-state index in [1.54, 1.807) is 0 Å². The molecule has 0 aromatic carbocycles. The van der Waals surface area contributed by atoms with Crippen molar-refractivity contribution in [3.8, 4) is 0 Å². The highest BCUT2D eigenvalue weighted by Gasteiger charge is 2.19. The Balaban J connectivity index is 2.22. The monoisotopic (exact) mass is 176 g/mol. The topological polar surface area (TPSA) is 37.3 Å². The van der Waals surface area contributed by atoms with E-state index in [4.69, 9.17) is 4.55 Å². The zero-order chi connectivity index (χ0) is 8.27. The Kier molecular flexibility index (Phi) is 3.52. The molecule has 66 valence electrons. The highest BCUT2D eigenvalue weighted by Crippen LogP contribution is 2.28. The van der Waals surface area contributed by atoms with Crippen LogP contribution in [0.5, 0.6) is 0 Å². The Bertz CT molecular complexity index is 139. The Morgan fingerprint density at radius 2 is 1.91 bits per heavy atom. The molecule has 0 saturated heterocycles. The van der Waals surface area contributed by atoms with E-state index < -0.39 is 11.1 Å². The first-order valence-electron chi connectivity index (χ1n) is 4.26. The van der Waals surface area contributed by atoms with Gasteiger partial charge in [0.2, 0.25) is 0 Å². The fourth-order valence-electron chi connectivity index (χ4n) is 1.70. The first kappa shape index (κ1) is 9.20. The number of hydrogen-bond acceptors (Lipinski definition) is 1. The normalized spacial score (nSPS) is 35.1. The van der Waals surface area contributed by atoms with Gasteiger partial charge in [-0.2, -0.15) is 0 Å². The molecule has 1 atom stereocenters. The van der Waals surface area contributed by atoms with Crippen molar-refractivity contribution in [2.75, 3.05) is 5.75 Å². The van der Waals surface area contributed by atoms with E-state index in [1.807, 2.05) is 0 Å². The molecule has 1 aliphatic carbocycles. The fraction of sp³-hybridized carbons (Fsp3) is 1.00. The largest absolute Gasteiger partial charge is 0.306 e. The smallest absolute Gasteiger partial charge is 0.153 e. The minimum atomic E-state index is -1.57. The van der Waals surface area contributed by atoms with E-state index >= 15 is 0 Å². The van der Waals surface area contributed by atoms with E-state index in [-0.39, 0.29) is 0 Å².